The number of H-pyrrole nitrogens is 1. The van der Waals surface area contributed by atoms with E-state index in [4.69, 9.17) is 4.74 Å². The lowest BCUT2D eigenvalue weighted by Gasteiger charge is -2.34. The van der Waals surface area contributed by atoms with E-state index in [0.29, 0.717) is 31.2 Å². The predicted octanol–water partition coefficient (Wildman–Crippen LogP) is -0.376. The average molecular weight is 259 g/mol. The van der Waals surface area contributed by atoms with Crippen molar-refractivity contribution >= 4 is 10.0 Å². The van der Waals surface area contributed by atoms with Gasteiger partial charge < -0.3 is 15.0 Å². The number of morpholine rings is 1. The number of nitrogens with one attached hydrogen (secondary N) is 2. The minimum atomic E-state index is -3.41. The number of hydrogen-bond acceptors (Lipinski definition) is 4. The van der Waals surface area contributed by atoms with Crippen molar-refractivity contribution in [1.29, 1.82) is 0 Å². The van der Waals surface area contributed by atoms with E-state index in [0.717, 1.165) is 0 Å². The van der Waals surface area contributed by atoms with Crippen LogP contribution in [0.5, 0.6) is 0 Å². The summed E-state index contributed by atoms with van der Waals surface area (Å²) >= 11 is 0. The first-order valence-electron chi connectivity index (χ1n) is 5.53. The van der Waals surface area contributed by atoms with Gasteiger partial charge in [-0.15, -0.1) is 0 Å². The highest BCUT2D eigenvalue weighted by atomic mass is 32.2. The Hall–Kier alpha value is -0.890. The molecule has 0 amide bonds. The number of aromatic nitrogens is 1. The Bertz CT molecular complexity index is 441. The largest absolute Gasteiger partial charge is 0.378 e. The fourth-order valence-corrected chi connectivity index (χ4v) is 3.53. The first-order valence-corrected chi connectivity index (χ1v) is 6.97. The van der Waals surface area contributed by atoms with Gasteiger partial charge in [-0.25, -0.2) is 8.42 Å². The average Bonchev–Trinajstić information content (AvgIpc) is 2.84. The number of hydrogen-bond donors (Lipinski definition) is 2. The number of likely N-dealkylation sites (N-methyl/N-ethyl adjacent to an activating group) is 1. The summed E-state index contributed by atoms with van der Waals surface area (Å²) < 4.78 is 31.5. The summed E-state index contributed by atoms with van der Waals surface area (Å²) in [4.78, 5) is 3.08. The van der Waals surface area contributed by atoms with Crippen LogP contribution in [0.1, 0.15) is 0 Å². The number of nitrogens with zero attached hydrogens (tertiary/aromatic N) is 1. The maximum Gasteiger partial charge on any atom is 0.245 e. The molecule has 0 radical (unpaired) electrons. The lowest BCUT2D eigenvalue weighted by atomic mass is 10.3. The minimum absolute atomic E-state index is 0.145. The Kier molecular flexibility index (Phi) is 3.82. The molecule has 1 saturated heterocycles. The maximum atomic E-state index is 12.4. The van der Waals surface area contributed by atoms with Gasteiger partial charge in [0, 0.05) is 25.5 Å². The van der Waals surface area contributed by atoms with Gasteiger partial charge in [-0.05, 0) is 13.1 Å². The molecular weight excluding hydrogens is 242 g/mol. The van der Waals surface area contributed by atoms with E-state index in [1.165, 1.54) is 10.5 Å². The lowest BCUT2D eigenvalue weighted by molar-refractivity contribution is 0.0335. The molecule has 2 N–H and O–H groups in total. The number of aromatic amines is 1. The van der Waals surface area contributed by atoms with Gasteiger partial charge in [-0.1, -0.05) is 0 Å². The summed E-state index contributed by atoms with van der Waals surface area (Å²) in [5.74, 6) is 0. The van der Waals surface area contributed by atoms with Crippen LogP contribution in [0.2, 0.25) is 0 Å². The zero-order valence-electron chi connectivity index (χ0n) is 9.72. The second-order valence-corrected chi connectivity index (χ2v) is 5.84. The summed E-state index contributed by atoms with van der Waals surface area (Å²) in [6, 6.07) is 1.43. The van der Waals surface area contributed by atoms with Crippen LogP contribution in [0.3, 0.4) is 0 Å². The molecule has 2 rings (SSSR count). The molecule has 1 aromatic rings. The molecule has 1 unspecified atom stereocenters. The van der Waals surface area contributed by atoms with Gasteiger partial charge in [-0.3, -0.25) is 0 Å². The van der Waals surface area contributed by atoms with Crippen LogP contribution in [-0.2, 0) is 14.8 Å². The molecule has 1 atom stereocenters. The van der Waals surface area contributed by atoms with Crippen molar-refractivity contribution in [3.8, 4) is 0 Å². The summed E-state index contributed by atoms with van der Waals surface area (Å²) in [7, 11) is -1.61. The van der Waals surface area contributed by atoms with E-state index in [1.807, 2.05) is 0 Å². The van der Waals surface area contributed by atoms with Gasteiger partial charge >= 0.3 is 0 Å². The molecule has 0 bridgehead atoms. The Labute approximate surface area is 101 Å². The van der Waals surface area contributed by atoms with E-state index in [2.05, 4.69) is 10.3 Å². The Morgan fingerprint density at radius 2 is 2.47 bits per heavy atom. The lowest BCUT2D eigenvalue weighted by Crippen LogP contribution is -2.52. The number of ether oxygens (including phenoxy) is 1. The summed E-state index contributed by atoms with van der Waals surface area (Å²) in [6.07, 6.45) is 3.11. The standard InChI is InChI=1S/C10H17N3O3S/c1-11-6-9-8-16-5-4-13(9)17(14,15)10-2-3-12-7-10/h2-3,7,9,11-12H,4-6,8H2,1H3. The van der Waals surface area contributed by atoms with Crippen molar-refractivity contribution in [3.63, 3.8) is 0 Å². The van der Waals surface area contributed by atoms with Crippen LogP contribution >= 0.6 is 0 Å². The highest BCUT2D eigenvalue weighted by molar-refractivity contribution is 7.89. The fraction of sp³-hybridized carbons (Fsp3) is 0.600. The van der Waals surface area contributed by atoms with E-state index in [1.54, 1.807) is 19.3 Å². The van der Waals surface area contributed by atoms with Gasteiger partial charge in [0.2, 0.25) is 10.0 Å². The van der Waals surface area contributed by atoms with Crippen LogP contribution in [0.15, 0.2) is 23.4 Å². The molecule has 7 heteroatoms. The molecule has 0 spiro atoms. The highest BCUT2D eigenvalue weighted by Gasteiger charge is 2.33. The third-order valence-electron chi connectivity index (χ3n) is 2.79. The number of sulfonamides is 1. The molecule has 0 aliphatic carbocycles. The van der Waals surface area contributed by atoms with Crippen molar-refractivity contribution < 1.29 is 13.2 Å². The van der Waals surface area contributed by atoms with Gasteiger partial charge in [0.15, 0.2) is 0 Å². The van der Waals surface area contributed by atoms with Gasteiger partial charge in [0.05, 0.1) is 24.2 Å². The van der Waals surface area contributed by atoms with Gasteiger partial charge in [-0.2, -0.15) is 4.31 Å². The third-order valence-corrected chi connectivity index (χ3v) is 4.74. The Balaban J connectivity index is 2.24. The van der Waals surface area contributed by atoms with Crippen molar-refractivity contribution in [2.24, 2.45) is 0 Å². The van der Waals surface area contributed by atoms with E-state index < -0.39 is 10.0 Å². The molecule has 6 nitrogen and oxygen atoms in total. The monoisotopic (exact) mass is 259 g/mol. The van der Waals surface area contributed by atoms with Crippen molar-refractivity contribution in [1.82, 2.24) is 14.6 Å². The van der Waals surface area contributed by atoms with Crippen molar-refractivity contribution in [2.75, 3.05) is 33.4 Å². The first-order chi connectivity index (χ1) is 8.16. The zero-order valence-corrected chi connectivity index (χ0v) is 10.5. The smallest absolute Gasteiger partial charge is 0.245 e. The second-order valence-electron chi connectivity index (χ2n) is 3.95. The molecule has 1 aliphatic heterocycles. The maximum absolute atomic E-state index is 12.4. The molecule has 1 fully saturated rings. The second kappa shape index (κ2) is 5.18. The molecule has 0 aromatic carbocycles. The Morgan fingerprint density at radius 1 is 1.65 bits per heavy atom. The van der Waals surface area contributed by atoms with Crippen LogP contribution < -0.4 is 5.32 Å². The van der Waals surface area contributed by atoms with E-state index in [9.17, 15) is 8.42 Å². The molecule has 1 aromatic heterocycles. The first kappa shape index (κ1) is 12.6. The van der Waals surface area contributed by atoms with Crippen LogP contribution in [0.25, 0.3) is 0 Å². The van der Waals surface area contributed by atoms with E-state index >= 15 is 0 Å². The van der Waals surface area contributed by atoms with Crippen LogP contribution in [-0.4, -0.2) is 57.1 Å². The summed E-state index contributed by atoms with van der Waals surface area (Å²) in [6.45, 7) is 1.87. The Morgan fingerprint density at radius 3 is 3.12 bits per heavy atom. The quantitative estimate of drug-likeness (QED) is 0.773. The molecule has 2 heterocycles. The van der Waals surface area contributed by atoms with Gasteiger partial charge in [0.25, 0.3) is 0 Å². The summed E-state index contributed by atoms with van der Waals surface area (Å²) in [5, 5.41) is 2.99. The predicted molar refractivity (Wildman–Crippen MR) is 63.2 cm³/mol. The van der Waals surface area contributed by atoms with E-state index in [-0.39, 0.29) is 6.04 Å². The van der Waals surface area contributed by atoms with Crippen LogP contribution in [0.4, 0.5) is 0 Å². The van der Waals surface area contributed by atoms with Crippen molar-refractivity contribution in [3.05, 3.63) is 18.5 Å². The molecule has 0 saturated carbocycles. The van der Waals surface area contributed by atoms with Gasteiger partial charge in [0.1, 0.15) is 0 Å². The summed E-state index contributed by atoms with van der Waals surface area (Å²) in [5.41, 5.74) is 0. The van der Waals surface area contributed by atoms with Crippen molar-refractivity contribution in [2.45, 2.75) is 10.9 Å². The third kappa shape index (κ3) is 2.52. The highest BCUT2D eigenvalue weighted by Crippen LogP contribution is 2.19. The normalized spacial score (nSPS) is 22.8. The topological polar surface area (TPSA) is 74.4 Å². The zero-order chi connectivity index (χ0) is 12.3. The molecule has 1 aliphatic rings. The van der Waals surface area contributed by atoms with Crippen LogP contribution in [0, 0.1) is 0 Å². The number of rotatable bonds is 4. The molecular formula is C10H17N3O3S. The molecule has 17 heavy (non-hydrogen) atoms. The minimum Gasteiger partial charge on any atom is -0.378 e. The SMILES string of the molecule is CNCC1COCCN1S(=O)(=O)c1cc[nH]c1. The molecule has 96 valence electrons. The fourth-order valence-electron chi connectivity index (χ4n) is 1.96.